The molecular formula is C28H22N2O3S. The largest absolute Gasteiger partial charge is 0.508 e. The van der Waals surface area contributed by atoms with E-state index in [0.29, 0.717) is 9.33 Å². The standard InChI is InChI=1S/C28H22N2O3S/c1-33-23-9-5-4-8-21(23)26-22-15-12-18-6-2-3-7-20(18)25(22)29-28-30(26)27(32)24(34-28)16-17-10-13-19(31)14-11-17/h2-11,13-14,16,26,31H,12,15H2,1H3/b24-16+/t26-/m0/s1. The van der Waals surface area contributed by atoms with Crippen molar-refractivity contribution in [2.45, 2.75) is 18.9 Å². The van der Waals surface area contributed by atoms with Gasteiger partial charge in [-0.15, -0.1) is 0 Å². The summed E-state index contributed by atoms with van der Waals surface area (Å²) in [7, 11) is 1.67. The van der Waals surface area contributed by atoms with E-state index in [0.717, 1.165) is 46.6 Å². The highest BCUT2D eigenvalue weighted by atomic mass is 32.1. The number of allylic oxidation sites excluding steroid dienone is 1. The molecule has 0 amide bonds. The monoisotopic (exact) mass is 466 g/mol. The first-order valence-electron chi connectivity index (χ1n) is 11.2. The topological polar surface area (TPSA) is 63.8 Å². The predicted octanol–water partition coefficient (Wildman–Crippen LogP) is 4.03. The van der Waals surface area contributed by atoms with Crippen LogP contribution in [0.2, 0.25) is 0 Å². The molecule has 0 saturated carbocycles. The van der Waals surface area contributed by atoms with Crippen molar-refractivity contribution in [1.82, 2.24) is 4.57 Å². The van der Waals surface area contributed by atoms with Gasteiger partial charge in [0.05, 0.1) is 23.4 Å². The summed E-state index contributed by atoms with van der Waals surface area (Å²) in [4.78, 5) is 19.5. The number of para-hydroxylation sites is 1. The van der Waals surface area contributed by atoms with E-state index in [2.05, 4.69) is 18.2 Å². The molecule has 1 N–H and O–H groups in total. The zero-order valence-corrected chi connectivity index (χ0v) is 19.4. The maximum Gasteiger partial charge on any atom is 0.271 e. The van der Waals surface area contributed by atoms with Crippen LogP contribution in [0, 0.1) is 0 Å². The number of nitrogens with zero attached hydrogens (tertiary/aromatic N) is 2. The third kappa shape index (κ3) is 3.30. The zero-order chi connectivity index (χ0) is 23.2. The molecular weight excluding hydrogens is 444 g/mol. The Bertz CT molecular complexity index is 1630. The molecule has 2 heterocycles. The van der Waals surface area contributed by atoms with E-state index in [-0.39, 0.29) is 17.4 Å². The van der Waals surface area contributed by atoms with Crippen LogP contribution in [0.1, 0.15) is 34.7 Å². The van der Waals surface area contributed by atoms with Gasteiger partial charge in [-0.25, -0.2) is 4.99 Å². The fourth-order valence-corrected chi connectivity index (χ4v) is 5.91. The Labute approximate surface area is 200 Å². The van der Waals surface area contributed by atoms with Gasteiger partial charge in [0, 0.05) is 11.1 Å². The van der Waals surface area contributed by atoms with Crippen LogP contribution < -0.4 is 19.6 Å². The molecule has 1 aliphatic carbocycles. The van der Waals surface area contributed by atoms with Gasteiger partial charge in [-0.3, -0.25) is 9.36 Å². The lowest BCUT2D eigenvalue weighted by molar-refractivity contribution is 0.402. The Morgan fingerprint density at radius 2 is 1.79 bits per heavy atom. The normalized spacial score (nSPS) is 17.0. The number of aryl methyl sites for hydroxylation is 1. The number of methoxy groups -OCH3 is 1. The number of hydrogen-bond donors (Lipinski definition) is 1. The van der Waals surface area contributed by atoms with Crippen LogP contribution in [0.3, 0.4) is 0 Å². The van der Waals surface area contributed by atoms with E-state index < -0.39 is 0 Å². The quantitative estimate of drug-likeness (QED) is 0.496. The molecule has 2 aliphatic rings. The molecule has 34 heavy (non-hydrogen) atoms. The molecule has 4 aromatic rings. The van der Waals surface area contributed by atoms with Crippen LogP contribution in [0.25, 0.3) is 11.8 Å². The molecule has 0 saturated heterocycles. The van der Waals surface area contributed by atoms with Crippen molar-refractivity contribution >= 4 is 23.1 Å². The molecule has 0 bridgehead atoms. The van der Waals surface area contributed by atoms with E-state index in [1.807, 2.05) is 41.0 Å². The van der Waals surface area contributed by atoms with E-state index in [4.69, 9.17) is 9.73 Å². The number of thiazole rings is 1. The number of benzene rings is 3. The molecule has 0 fully saturated rings. The smallest absolute Gasteiger partial charge is 0.271 e. The van der Waals surface area contributed by atoms with E-state index in [1.165, 1.54) is 16.9 Å². The first kappa shape index (κ1) is 20.7. The summed E-state index contributed by atoms with van der Waals surface area (Å²) in [6, 6.07) is 22.9. The summed E-state index contributed by atoms with van der Waals surface area (Å²) in [6.07, 6.45) is 3.60. The Hall–Kier alpha value is -3.90. The highest BCUT2D eigenvalue weighted by Crippen LogP contribution is 2.43. The second-order valence-corrected chi connectivity index (χ2v) is 9.46. The summed E-state index contributed by atoms with van der Waals surface area (Å²) >= 11 is 1.39. The van der Waals surface area contributed by atoms with Crippen molar-refractivity contribution in [3.8, 4) is 11.5 Å². The van der Waals surface area contributed by atoms with Crippen LogP contribution in [-0.4, -0.2) is 16.8 Å². The van der Waals surface area contributed by atoms with Crippen LogP contribution in [0.5, 0.6) is 11.5 Å². The number of phenols is 1. The molecule has 6 rings (SSSR count). The van der Waals surface area contributed by atoms with Crippen LogP contribution >= 0.6 is 11.3 Å². The fraction of sp³-hybridized carbons (Fsp3) is 0.143. The molecule has 3 aromatic carbocycles. The number of hydrogen-bond acceptors (Lipinski definition) is 5. The number of rotatable bonds is 3. The minimum absolute atomic E-state index is 0.0712. The van der Waals surface area contributed by atoms with E-state index >= 15 is 0 Å². The second-order valence-electron chi connectivity index (χ2n) is 8.45. The van der Waals surface area contributed by atoms with Gasteiger partial charge in [-0.05, 0) is 53.8 Å². The lowest BCUT2D eigenvalue weighted by atomic mass is 9.83. The maximum atomic E-state index is 13.8. The Morgan fingerprint density at radius 3 is 2.62 bits per heavy atom. The SMILES string of the molecule is COc1ccccc1[C@H]1C2=C(N=c3s/c(=C/c4ccc(O)cc4)c(=O)n31)c1ccccc1CC2. The first-order valence-corrected chi connectivity index (χ1v) is 12.0. The molecule has 6 heteroatoms. The predicted molar refractivity (Wildman–Crippen MR) is 134 cm³/mol. The molecule has 1 aromatic heterocycles. The van der Waals surface area contributed by atoms with E-state index in [1.54, 1.807) is 31.4 Å². The summed E-state index contributed by atoms with van der Waals surface area (Å²) in [5, 5.41) is 9.61. The van der Waals surface area contributed by atoms with Gasteiger partial charge in [0.15, 0.2) is 4.80 Å². The minimum atomic E-state index is -0.280. The Morgan fingerprint density at radius 1 is 1.03 bits per heavy atom. The highest BCUT2D eigenvalue weighted by molar-refractivity contribution is 7.07. The minimum Gasteiger partial charge on any atom is -0.508 e. The maximum absolute atomic E-state index is 13.8. The molecule has 0 spiro atoms. The summed E-state index contributed by atoms with van der Waals surface area (Å²) in [6.45, 7) is 0. The third-order valence-electron chi connectivity index (χ3n) is 6.50. The van der Waals surface area contributed by atoms with Crippen molar-refractivity contribution in [2.24, 2.45) is 4.99 Å². The first-order chi connectivity index (χ1) is 16.6. The molecule has 0 radical (unpaired) electrons. The summed E-state index contributed by atoms with van der Waals surface area (Å²) in [5.74, 6) is 0.953. The van der Waals surface area contributed by atoms with Gasteiger partial charge in [0.2, 0.25) is 0 Å². The molecule has 0 unspecified atom stereocenters. The molecule has 1 atom stereocenters. The Balaban J connectivity index is 1.64. The van der Waals surface area contributed by atoms with Crippen LogP contribution in [-0.2, 0) is 6.42 Å². The highest BCUT2D eigenvalue weighted by Gasteiger charge is 2.33. The average molecular weight is 467 g/mol. The number of aromatic nitrogens is 1. The van der Waals surface area contributed by atoms with Crippen molar-refractivity contribution in [1.29, 1.82) is 0 Å². The van der Waals surface area contributed by atoms with Gasteiger partial charge in [0.25, 0.3) is 5.56 Å². The van der Waals surface area contributed by atoms with Crippen molar-refractivity contribution < 1.29 is 9.84 Å². The second kappa shape index (κ2) is 8.15. The summed E-state index contributed by atoms with van der Waals surface area (Å²) in [5.41, 5.74) is 6.28. The lowest BCUT2D eigenvalue weighted by Crippen LogP contribution is -2.38. The van der Waals surface area contributed by atoms with Gasteiger partial charge in [-0.2, -0.15) is 0 Å². The number of phenolic OH excluding ortho intramolecular Hbond substituents is 1. The number of fused-ring (bicyclic) bond motifs is 3. The van der Waals surface area contributed by atoms with Crippen LogP contribution in [0.15, 0.2) is 88.2 Å². The zero-order valence-electron chi connectivity index (χ0n) is 18.6. The Kier molecular flexibility index (Phi) is 4.96. The average Bonchev–Trinajstić information content (AvgIpc) is 3.18. The molecule has 5 nitrogen and oxygen atoms in total. The third-order valence-corrected chi connectivity index (χ3v) is 7.48. The van der Waals surface area contributed by atoms with Gasteiger partial charge < -0.3 is 9.84 Å². The van der Waals surface area contributed by atoms with Gasteiger partial charge in [0.1, 0.15) is 11.5 Å². The number of ether oxygens (including phenoxy) is 1. The fourth-order valence-electron chi connectivity index (χ4n) is 4.91. The lowest BCUT2D eigenvalue weighted by Gasteiger charge is -2.31. The van der Waals surface area contributed by atoms with Crippen LogP contribution in [0.4, 0.5) is 0 Å². The van der Waals surface area contributed by atoms with Crippen molar-refractivity contribution in [3.05, 3.63) is 120 Å². The molecule has 168 valence electrons. The van der Waals surface area contributed by atoms with Gasteiger partial charge in [-0.1, -0.05) is 65.9 Å². The van der Waals surface area contributed by atoms with Crippen molar-refractivity contribution in [2.75, 3.05) is 7.11 Å². The van der Waals surface area contributed by atoms with E-state index in [9.17, 15) is 9.90 Å². The molecule has 1 aliphatic heterocycles. The van der Waals surface area contributed by atoms with Gasteiger partial charge >= 0.3 is 0 Å². The number of aromatic hydroxyl groups is 1. The van der Waals surface area contributed by atoms with Crippen molar-refractivity contribution in [3.63, 3.8) is 0 Å². The summed E-state index contributed by atoms with van der Waals surface area (Å²) < 4.78 is 8.15.